The molecule has 0 spiro atoms. The minimum absolute atomic E-state index is 0.0649. The molecular formula is C19H20FNO3. The molecule has 1 N–H and O–H groups in total. The van der Waals surface area contributed by atoms with Gasteiger partial charge in [-0.2, -0.15) is 0 Å². The normalized spacial score (nSPS) is 15.2. The SMILES string of the molecule is CN(C)CCOc1ccc2c(c1)C(CC(=O)O)c1cccc(F)c1-2. The summed E-state index contributed by atoms with van der Waals surface area (Å²) in [7, 11) is 3.93. The number of hydrogen-bond donors (Lipinski definition) is 1. The van der Waals surface area contributed by atoms with Crippen molar-refractivity contribution in [2.24, 2.45) is 0 Å². The highest BCUT2D eigenvalue weighted by Crippen LogP contribution is 2.48. The smallest absolute Gasteiger partial charge is 0.304 e. The molecule has 126 valence electrons. The molecule has 1 aliphatic carbocycles. The standard InChI is InChI=1S/C19H20FNO3/c1-21(2)8-9-24-12-6-7-14-15(10-12)16(11-18(22)23)13-4-3-5-17(20)19(13)14/h3-7,10,16H,8-9,11H2,1-2H3,(H,22,23). The number of ether oxygens (including phenoxy) is 1. The molecule has 0 amide bonds. The monoisotopic (exact) mass is 329 g/mol. The van der Waals surface area contributed by atoms with Gasteiger partial charge in [0, 0.05) is 18.0 Å². The molecule has 0 bridgehead atoms. The fraction of sp³-hybridized carbons (Fsp3) is 0.316. The van der Waals surface area contributed by atoms with E-state index in [1.807, 2.05) is 37.2 Å². The molecule has 0 saturated heterocycles. The van der Waals surface area contributed by atoms with E-state index in [1.165, 1.54) is 6.07 Å². The number of carbonyl (C=O) groups is 1. The zero-order valence-electron chi connectivity index (χ0n) is 13.8. The van der Waals surface area contributed by atoms with Crippen LogP contribution >= 0.6 is 0 Å². The highest BCUT2D eigenvalue weighted by atomic mass is 19.1. The summed E-state index contributed by atoms with van der Waals surface area (Å²) in [6.07, 6.45) is -0.0649. The Kier molecular flexibility index (Phi) is 4.53. The Labute approximate surface area is 140 Å². The molecule has 0 radical (unpaired) electrons. The number of carboxylic acid groups (broad SMARTS) is 1. The van der Waals surface area contributed by atoms with Crippen LogP contribution in [0.4, 0.5) is 4.39 Å². The third kappa shape index (κ3) is 3.12. The van der Waals surface area contributed by atoms with Crippen molar-refractivity contribution in [1.29, 1.82) is 0 Å². The number of halogens is 1. The van der Waals surface area contributed by atoms with Gasteiger partial charge >= 0.3 is 5.97 Å². The molecule has 1 aliphatic rings. The van der Waals surface area contributed by atoms with Crippen LogP contribution in [0.1, 0.15) is 23.5 Å². The summed E-state index contributed by atoms with van der Waals surface area (Å²) in [5.74, 6) is -0.885. The number of fused-ring (bicyclic) bond motifs is 3. The highest BCUT2D eigenvalue weighted by Gasteiger charge is 2.32. The summed E-state index contributed by atoms with van der Waals surface area (Å²) >= 11 is 0. The second kappa shape index (κ2) is 6.61. The van der Waals surface area contributed by atoms with E-state index >= 15 is 0 Å². The maximum atomic E-state index is 14.3. The van der Waals surface area contributed by atoms with E-state index < -0.39 is 5.97 Å². The average molecular weight is 329 g/mol. The molecule has 2 aromatic carbocycles. The van der Waals surface area contributed by atoms with Gasteiger partial charge in [-0.25, -0.2) is 4.39 Å². The Hall–Kier alpha value is -2.40. The number of rotatable bonds is 6. The van der Waals surface area contributed by atoms with Crippen molar-refractivity contribution in [3.05, 3.63) is 53.3 Å². The fourth-order valence-electron chi connectivity index (χ4n) is 3.17. The lowest BCUT2D eigenvalue weighted by atomic mass is 9.93. The second-order valence-corrected chi connectivity index (χ2v) is 6.26. The van der Waals surface area contributed by atoms with Crippen LogP contribution < -0.4 is 4.74 Å². The molecule has 0 saturated carbocycles. The summed E-state index contributed by atoms with van der Waals surface area (Å²) in [6, 6.07) is 10.3. The Bertz CT molecular complexity index is 773. The van der Waals surface area contributed by atoms with Gasteiger partial charge in [-0.15, -0.1) is 0 Å². The maximum absolute atomic E-state index is 14.3. The number of hydrogen-bond acceptors (Lipinski definition) is 3. The van der Waals surface area contributed by atoms with Crippen molar-refractivity contribution in [3.63, 3.8) is 0 Å². The lowest BCUT2D eigenvalue weighted by molar-refractivity contribution is -0.137. The summed E-state index contributed by atoms with van der Waals surface area (Å²) in [4.78, 5) is 13.3. The molecular weight excluding hydrogens is 309 g/mol. The van der Waals surface area contributed by atoms with Crippen molar-refractivity contribution in [2.45, 2.75) is 12.3 Å². The first-order valence-electron chi connectivity index (χ1n) is 7.89. The molecule has 5 heteroatoms. The minimum atomic E-state index is -0.901. The first-order valence-corrected chi connectivity index (χ1v) is 7.89. The van der Waals surface area contributed by atoms with Crippen LogP contribution in [-0.4, -0.2) is 43.2 Å². The molecule has 2 aromatic rings. The summed E-state index contributed by atoms with van der Waals surface area (Å²) in [5.41, 5.74) is 2.82. The Morgan fingerprint density at radius 2 is 2.04 bits per heavy atom. The number of carboxylic acids is 1. The van der Waals surface area contributed by atoms with Crippen molar-refractivity contribution in [2.75, 3.05) is 27.2 Å². The van der Waals surface area contributed by atoms with Gasteiger partial charge < -0.3 is 14.7 Å². The average Bonchev–Trinajstić information content (AvgIpc) is 2.81. The number of benzene rings is 2. The van der Waals surface area contributed by atoms with E-state index in [0.29, 0.717) is 17.9 Å². The van der Waals surface area contributed by atoms with Crippen LogP contribution in [0, 0.1) is 5.82 Å². The highest BCUT2D eigenvalue weighted by molar-refractivity contribution is 5.82. The molecule has 0 aromatic heterocycles. The Balaban J connectivity index is 1.97. The summed E-state index contributed by atoms with van der Waals surface area (Å²) in [6.45, 7) is 1.32. The van der Waals surface area contributed by atoms with Gasteiger partial charge in [0.25, 0.3) is 0 Å². The van der Waals surface area contributed by atoms with Crippen LogP contribution in [0.15, 0.2) is 36.4 Å². The molecule has 3 rings (SSSR count). The Morgan fingerprint density at radius 1 is 1.25 bits per heavy atom. The van der Waals surface area contributed by atoms with Crippen LogP contribution in [-0.2, 0) is 4.79 Å². The minimum Gasteiger partial charge on any atom is -0.492 e. The third-order valence-electron chi connectivity index (χ3n) is 4.28. The van der Waals surface area contributed by atoms with Crippen molar-refractivity contribution in [3.8, 4) is 16.9 Å². The summed E-state index contributed by atoms with van der Waals surface area (Å²) < 4.78 is 20.0. The van der Waals surface area contributed by atoms with Gasteiger partial charge in [0.15, 0.2) is 0 Å². The lowest BCUT2D eigenvalue weighted by Crippen LogP contribution is -2.19. The van der Waals surface area contributed by atoms with Crippen LogP contribution in [0.3, 0.4) is 0 Å². The van der Waals surface area contributed by atoms with Crippen LogP contribution in [0.2, 0.25) is 0 Å². The summed E-state index contributed by atoms with van der Waals surface area (Å²) in [5, 5.41) is 9.24. The lowest BCUT2D eigenvalue weighted by Gasteiger charge is -2.14. The molecule has 4 nitrogen and oxygen atoms in total. The van der Waals surface area contributed by atoms with E-state index in [4.69, 9.17) is 4.74 Å². The predicted octanol–water partition coefficient (Wildman–Crippen LogP) is 3.35. The van der Waals surface area contributed by atoms with Crippen molar-refractivity contribution < 1.29 is 19.0 Å². The first-order chi connectivity index (χ1) is 11.5. The number of nitrogens with zero attached hydrogens (tertiary/aromatic N) is 1. The number of likely N-dealkylation sites (N-methyl/N-ethyl adjacent to an activating group) is 1. The Morgan fingerprint density at radius 3 is 2.75 bits per heavy atom. The molecule has 1 unspecified atom stereocenters. The topological polar surface area (TPSA) is 49.8 Å². The zero-order chi connectivity index (χ0) is 17.3. The molecule has 0 heterocycles. The molecule has 24 heavy (non-hydrogen) atoms. The van der Waals surface area contributed by atoms with Gasteiger partial charge in [-0.3, -0.25) is 4.79 Å². The third-order valence-corrected chi connectivity index (χ3v) is 4.28. The van der Waals surface area contributed by atoms with E-state index in [0.717, 1.165) is 23.2 Å². The van der Waals surface area contributed by atoms with E-state index in [1.54, 1.807) is 12.1 Å². The van der Waals surface area contributed by atoms with Gasteiger partial charge in [-0.1, -0.05) is 18.2 Å². The quantitative estimate of drug-likeness (QED) is 0.883. The van der Waals surface area contributed by atoms with Crippen molar-refractivity contribution in [1.82, 2.24) is 4.90 Å². The molecule has 1 atom stereocenters. The largest absolute Gasteiger partial charge is 0.492 e. The second-order valence-electron chi connectivity index (χ2n) is 6.26. The van der Waals surface area contributed by atoms with Gasteiger partial charge in [0.05, 0.1) is 6.42 Å². The predicted molar refractivity (Wildman–Crippen MR) is 90.0 cm³/mol. The maximum Gasteiger partial charge on any atom is 0.304 e. The van der Waals surface area contributed by atoms with E-state index in [2.05, 4.69) is 0 Å². The van der Waals surface area contributed by atoms with Crippen molar-refractivity contribution >= 4 is 5.97 Å². The van der Waals surface area contributed by atoms with Crippen LogP contribution in [0.25, 0.3) is 11.1 Å². The molecule has 0 fully saturated rings. The van der Waals surface area contributed by atoms with Gasteiger partial charge in [0.1, 0.15) is 18.2 Å². The zero-order valence-corrected chi connectivity index (χ0v) is 13.8. The van der Waals surface area contributed by atoms with E-state index in [9.17, 15) is 14.3 Å². The molecule has 0 aliphatic heterocycles. The van der Waals surface area contributed by atoms with E-state index in [-0.39, 0.29) is 18.2 Å². The van der Waals surface area contributed by atoms with Crippen LogP contribution in [0.5, 0.6) is 5.75 Å². The van der Waals surface area contributed by atoms with Gasteiger partial charge in [-0.05, 0) is 49.0 Å². The number of aliphatic carboxylic acids is 1. The fourth-order valence-corrected chi connectivity index (χ4v) is 3.17. The first kappa shape index (κ1) is 16.5. The van der Waals surface area contributed by atoms with Gasteiger partial charge in [0.2, 0.25) is 0 Å².